The SMILES string of the molecule is CCCCCCCC/C=C/CCCCCCCC(=O)NCCCC(CCCNC(=O)CCCCCCC/C=C/CCCCCCCC)N(C)CCl. The van der Waals surface area contributed by atoms with E-state index in [9.17, 15) is 9.59 Å². The van der Waals surface area contributed by atoms with Crippen LogP contribution >= 0.6 is 11.6 Å². The summed E-state index contributed by atoms with van der Waals surface area (Å²) in [7, 11) is 2.06. The van der Waals surface area contributed by atoms with Crippen LogP contribution < -0.4 is 10.6 Å². The summed E-state index contributed by atoms with van der Waals surface area (Å²) in [6, 6.07) is 0.862. The number of allylic oxidation sites excluding steroid dienone is 4. The lowest BCUT2D eigenvalue weighted by atomic mass is 10.0. The first-order valence-electron chi connectivity index (χ1n) is 22.1. The molecule has 0 fully saturated rings. The van der Waals surface area contributed by atoms with E-state index in [-0.39, 0.29) is 11.8 Å². The third-order valence-corrected chi connectivity index (χ3v) is 10.6. The van der Waals surface area contributed by atoms with Gasteiger partial charge in [0, 0.05) is 32.0 Å². The van der Waals surface area contributed by atoms with E-state index in [4.69, 9.17) is 11.6 Å². The first kappa shape index (κ1) is 49.7. The number of amides is 2. The Morgan fingerprint density at radius 2 is 0.804 bits per heavy atom. The topological polar surface area (TPSA) is 61.4 Å². The number of rotatable bonds is 40. The molecular weight excluding hydrogens is 650 g/mol. The van der Waals surface area contributed by atoms with Crippen molar-refractivity contribution in [3.8, 4) is 0 Å². The summed E-state index contributed by atoms with van der Waals surface area (Å²) in [5, 5.41) is 6.24. The maximum absolute atomic E-state index is 12.3. The van der Waals surface area contributed by atoms with Gasteiger partial charge in [-0.25, -0.2) is 0 Å². The minimum absolute atomic E-state index is 0.184. The van der Waals surface area contributed by atoms with E-state index in [1.807, 2.05) is 0 Å². The third kappa shape index (κ3) is 38.2. The maximum atomic E-state index is 12.3. The monoisotopic (exact) mass is 736 g/mol. The molecule has 6 heteroatoms. The molecule has 0 saturated carbocycles. The van der Waals surface area contributed by atoms with Crippen molar-refractivity contribution in [2.45, 2.75) is 225 Å². The van der Waals surface area contributed by atoms with Crippen molar-refractivity contribution in [2.24, 2.45) is 0 Å². The molecule has 0 aromatic carbocycles. The van der Waals surface area contributed by atoms with Crippen LogP contribution in [0.4, 0.5) is 0 Å². The molecule has 0 unspecified atom stereocenters. The highest BCUT2D eigenvalue weighted by Gasteiger charge is 2.14. The van der Waals surface area contributed by atoms with E-state index in [0.717, 1.165) is 64.5 Å². The quantitative estimate of drug-likeness (QED) is 0.0285. The fraction of sp³-hybridized carbons (Fsp3) is 0.867. The van der Waals surface area contributed by atoms with Gasteiger partial charge in [0.05, 0.1) is 6.00 Å². The predicted molar refractivity (Wildman–Crippen MR) is 226 cm³/mol. The number of alkyl halides is 1. The van der Waals surface area contributed by atoms with Crippen molar-refractivity contribution < 1.29 is 9.59 Å². The summed E-state index contributed by atoms with van der Waals surface area (Å²) in [6.07, 6.45) is 47.8. The first-order chi connectivity index (χ1) is 25.0. The van der Waals surface area contributed by atoms with Gasteiger partial charge in [0.1, 0.15) is 0 Å². The van der Waals surface area contributed by atoms with Crippen molar-refractivity contribution >= 4 is 23.4 Å². The van der Waals surface area contributed by atoms with Gasteiger partial charge in [0.2, 0.25) is 11.8 Å². The molecule has 0 aromatic rings. The maximum Gasteiger partial charge on any atom is 0.219 e. The molecule has 0 rings (SSSR count). The highest BCUT2D eigenvalue weighted by atomic mass is 35.5. The average molecular weight is 737 g/mol. The zero-order valence-corrected chi connectivity index (χ0v) is 35.0. The largest absolute Gasteiger partial charge is 0.356 e. The normalized spacial score (nSPS) is 11.9. The molecular formula is C45H86ClN3O2. The highest BCUT2D eigenvalue weighted by molar-refractivity contribution is 6.17. The van der Waals surface area contributed by atoms with Gasteiger partial charge in [-0.2, -0.15) is 0 Å². The Balaban J connectivity index is 3.71. The molecule has 5 nitrogen and oxygen atoms in total. The van der Waals surface area contributed by atoms with Crippen LogP contribution in [0.1, 0.15) is 219 Å². The molecule has 0 aliphatic rings. The lowest BCUT2D eigenvalue weighted by molar-refractivity contribution is -0.122. The Hall–Kier alpha value is -1.33. The molecule has 2 amide bonds. The number of unbranched alkanes of at least 4 members (excludes halogenated alkanes) is 22. The van der Waals surface area contributed by atoms with E-state index < -0.39 is 0 Å². The second-order valence-electron chi connectivity index (χ2n) is 15.2. The van der Waals surface area contributed by atoms with Gasteiger partial charge in [0.25, 0.3) is 0 Å². The van der Waals surface area contributed by atoms with Crippen molar-refractivity contribution in [1.82, 2.24) is 15.5 Å². The van der Waals surface area contributed by atoms with Gasteiger partial charge in [-0.15, -0.1) is 11.6 Å². The predicted octanol–water partition coefficient (Wildman–Crippen LogP) is 13.4. The van der Waals surface area contributed by atoms with Gasteiger partial charge < -0.3 is 10.6 Å². The Morgan fingerprint density at radius 1 is 0.490 bits per heavy atom. The van der Waals surface area contributed by atoms with Crippen LogP contribution in [0, 0.1) is 0 Å². The minimum atomic E-state index is 0.184. The van der Waals surface area contributed by atoms with E-state index in [2.05, 4.69) is 60.7 Å². The van der Waals surface area contributed by atoms with Gasteiger partial charge in [-0.3, -0.25) is 14.5 Å². The Morgan fingerprint density at radius 3 is 1.14 bits per heavy atom. The van der Waals surface area contributed by atoms with Crippen LogP contribution in [0.2, 0.25) is 0 Å². The summed E-state index contributed by atoms with van der Waals surface area (Å²) in [5.41, 5.74) is 0. The van der Waals surface area contributed by atoms with Gasteiger partial charge >= 0.3 is 0 Å². The smallest absolute Gasteiger partial charge is 0.219 e. The molecule has 0 aliphatic carbocycles. The number of nitrogens with one attached hydrogen (secondary N) is 2. The Labute approximate surface area is 323 Å². The second kappa shape index (κ2) is 41.4. The number of carbonyl (C=O) groups is 2. The zero-order chi connectivity index (χ0) is 37.3. The van der Waals surface area contributed by atoms with E-state index in [1.165, 1.54) is 141 Å². The van der Waals surface area contributed by atoms with Crippen LogP contribution in [0.5, 0.6) is 0 Å². The van der Waals surface area contributed by atoms with Crippen molar-refractivity contribution in [2.75, 3.05) is 26.1 Å². The molecule has 0 aliphatic heterocycles. The number of halogens is 1. The summed E-state index contributed by atoms with van der Waals surface area (Å²) >= 11 is 6.16. The molecule has 0 radical (unpaired) electrons. The van der Waals surface area contributed by atoms with Crippen molar-refractivity contribution in [1.29, 1.82) is 0 Å². The van der Waals surface area contributed by atoms with Crippen molar-refractivity contribution in [3.63, 3.8) is 0 Å². The first-order valence-corrected chi connectivity index (χ1v) is 22.7. The van der Waals surface area contributed by atoms with Crippen LogP contribution in [0.3, 0.4) is 0 Å². The molecule has 2 N–H and O–H groups in total. The van der Waals surface area contributed by atoms with Crippen molar-refractivity contribution in [3.05, 3.63) is 24.3 Å². The summed E-state index contributed by atoms with van der Waals surface area (Å²) in [6.45, 7) is 6.00. The number of hydrogen-bond acceptors (Lipinski definition) is 3. The van der Waals surface area contributed by atoms with E-state index >= 15 is 0 Å². The molecule has 0 atom stereocenters. The third-order valence-electron chi connectivity index (χ3n) is 10.2. The molecule has 0 saturated heterocycles. The summed E-state index contributed by atoms with van der Waals surface area (Å²) < 4.78 is 0. The summed E-state index contributed by atoms with van der Waals surface area (Å²) in [5.74, 6) is 0.368. The fourth-order valence-corrected chi connectivity index (χ4v) is 6.90. The fourth-order valence-electron chi connectivity index (χ4n) is 6.70. The molecule has 300 valence electrons. The van der Waals surface area contributed by atoms with Crippen LogP contribution in [0.15, 0.2) is 24.3 Å². The molecule has 51 heavy (non-hydrogen) atoms. The van der Waals surface area contributed by atoms with Crippen LogP contribution in [0.25, 0.3) is 0 Å². The molecule has 0 spiro atoms. The molecule has 0 bridgehead atoms. The van der Waals surface area contributed by atoms with E-state index in [0.29, 0.717) is 24.9 Å². The lowest BCUT2D eigenvalue weighted by Crippen LogP contribution is -2.33. The average Bonchev–Trinajstić information content (AvgIpc) is 3.13. The van der Waals surface area contributed by atoms with Crippen LogP contribution in [-0.2, 0) is 9.59 Å². The number of hydrogen-bond donors (Lipinski definition) is 2. The van der Waals surface area contributed by atoms with Gasteiger partial charge in [-0.05, 0) is 96.9 Å². The highest BCUT2D eigenvalue weighted by Crippen LogP contribution is 2.14. The molecule has 0 aromatic heterocycles. The van der Waals surface area contributed by atoms with Gasteiger partial charge in [0.15, 0.2) is 0 Å². The Kier molecular flexibility index (Phi) is 40.3. The second-order valence-corrected chi connectivity index (χ2v) is 15.4. The summed E-state index contributed by atoms with van der Waals surface area (Å²) in [4.78, 5) is 26.8. The van der Waals surface area contributed by atoms with Crippen LogP contribution in [-0.4, -0.2) is 48.9 Å². The van der Waals surface area contributed by atoms with E-state index in [1.54, 1.807) is 0 Å². The zero-order valence-electron chi connectivity index (χ0n) is 34.3. The molecule has 0 heterocycles. The number of carbonyl (C=O) groups excluding carboxylic acids is 2. The number of nitrogens with zero attached hydrogens (tertiary/aromatic N) is 1. The standard InChI is InChI=1S/C45H86ClN3O2/c1-4-6-8-10-12-14-16-18-20-22-24-26-28-30-32-38-44(50)47-40-34-36-43(49(3)42-46)37-35-41-48-45(51)39-33-31-29-27-25-23-21-19-17-15-13-11-9-7-5-2/h18-21,43H,4-17,22-42H2,1-3H3,(H,47,50)(H,48,51)/b20-18+,21-19+. The Bertz CT molecular complexity index is 742. The van der Waals surface area contributed by atoms with Gasteiger partial charge in [-0.1, -0.05) is 141 Å². The lowest BCUT2D eigenvalue weighted by Gasteiger charge is -2.26. The minimum Gasteiger partial charge on any atom is -0.356 e.